The minimum Gasteiger partial charge on any atom is -0.477 e. The highest BCUT2D eigenvalue weighted by Crippen LogP contribution is 2.28. The van der Waals surface area contributed by atoms with Crippen LogP contribution in [0.2, 0.25) is 0 Å². The predicted molar refractivity (Wildman–Crippen MR) is 90.8 cm³/mol. The summed E-state index contributed by atoms with van der Waals surface area (Å²) in [4.78, 5) is 16.1. The van der Waals surface area contributed by atoms with E-state index in [1.165, 1.54) is 16.6 Å². The second-order valence-corrected chi connectivity index (χ2v) is 5.47. The number of carboxylic acids is 1. The van der Waals surface area contributed by atoms with Gasteiger partial charge < -0.3 is 5.11 Å². The Morgan fingerprint density at radius 2 is 1.72 bits per heavy atom. The number of fused-ring (bicyclic) bond motifs is 1. The monoisotopic (exact) mass is 333 g/mol. The van der Waals surface area contributed by atoms with E-state index in [2.05, 4.69) is 10.1 Å². The van der Waals surface area contributed by atoms with Crippen molar-refractivity contribution in [1.82, 2.24) is 14.6 Å². The van der Waals surface area contributed by atoms with Gasteiger partial charge in [-0.25, -0.2) is 18.7 Å². The number of rotatable bonds is 3. The molecule has 6 heteroatoms. The molecule has 25 heavy (non-hydrogen) atoms. The molecule has 0 unspecified atom stereocenters. The van der Waals surface area contributed by atoms with Crippen LogP contribution in [0.3, 0.4) is 0 Å². The highest BCUT2D eigenvalue weighted by atomic mass is 19.1. The van der Waals surface area contributed by atoms with Gasteiger partial charge in [0.05, 0.1) is 11.9 Å². The molecule has 122 valence electrons. The Kier molecular flexibility index (Phi) is 3.50. The second kappa shape index (κ2) is 5.83. The van der Waals surface area contributed by atoms with Crippen LogP contribution in [0.5, 0.6) is 0 Å². The first-order valence-electron chi connectivity index (χ1n) is 7.57. The Morgan fingerprint density at radius 3 is 2.44 bits per heavy atom. The average Bonchev–Trinajstić information content (AvgIpc) is 3.06. The van der Waals surface area contributed by atoms with Crippen LogP contribution < -0.4 is 0 Å². The third-order valence-electron chi connectivity index (χ3n) is 3.93. The van der Waals surface area contributed by atoms with Crippen molar-refractivity contribution in [2.45, 2.75) is 0 Å². The van der Waals surface area contributed by atoms with Crippen molar-refractivity contribution in [1.29, 1.82) is 0 Å². The fraction of sp³-hybridized carbons (Fsp3) is 0. The zero-order valence-corrected chi connectivity index (χ0v) is 12.9. The zero-order valence-electron chi connectivity index (χ0n) is 12.9. The van der Waals surface area contributed by atoms with Gasteiger partial charge in [-0.1, -0.05) is 42.5 Å². The standard InChI is InChI=1S/C19H12FN3O2/c20-15-9-5-4-8-13(15)16-10-17(19(24)25)23-18(22-16)14(11-21-23)12-6-2-1-3-7-12/h1-11H,(H,24,25). The van der Waals surface area contributed by atoms with Gasteiger partial charge in [-0.05, 0) is 23.8 Å². The number of aromatic nitrogens is 3. The molecule has 0 aliphatic carbocycles. The lowest BCUT2D eigenvalue weighted by Gasteiger charge is -2.07. The molecule has 2 heterocycles. The maximum Gasteiger partial charge on any atom is 0.354 e. The molecule has 0 saturated carbocycles. The van der Waals surface area contributed by atoms with Gasteiger partial charge in [-0.15, -0.1) is 0 Å². The fourth-order valence-corrected chi connectivity index (χ4v) is 2.74. The van der Waals surface area contributed by atoms with Crippen LogP contribution in [0, 0.1) is 5.82 Å². The second-order valence-electron chi connectivity index (χ2n) is 5.47. The molecule has 0 radical (unpaired) electrons. The minimum atomic E-state index is -1.16. The molecule has 0 amide bonds. The average molecular weight is 333 g/mol. The van der Waals surface area contributed by atoms with Gasteiger partial charge in [0.1, 0.15) is 5.82 Å². The molecule has 4 rings (SSSR count). The molecule has 0 spiro atoms. The molecule has 0 bridgehead atoms. The number of hydrogen-bond donors (Lipinski definition) is 1. The van der Waals surface area contributed by atoms with Crippen LogP contribution in [0.15, 0.2) is 66.9 Å². The quantitative estimate of drug-likeness (QED) is 0.617. The summed E-state index contributed by atoms with van der Waals surface area (Å²) in [5.74, 6) is -1.62. The predicted octanol–water partition coefficient (Wildman–Crippen LogP) is 3.90. The molecule has 0 saturated heterocycles. The van der Waals surface area contributed by atoms with Crippen molar-refractivity contribution in [3.05, 3.63) is 78.4 Å². The Hall–Kier alpha value is -3.54. The van der Waals surface area contributed by atoms with Gasteiger partial charge in [-0.2, -0.15) is 5.10 Å². The van der Waals surface area contributed by atoms with Crippen molar-refractivity contribution in [2.75, 3.05) is 0 Å². The first-order chi connectivity index (χ1) is 12.1. The van der Waals surface area contributed by atoms with Crippen LogP contribution >= 0.6 is 0 Å². The number of nitrogens with zero attached hydrogens (tertiary/aromatic N) is 3. The Bertz CT molecular complexity index is 1090. The van der Waals surface area contributed by atoms with Crippen molar-refractivity contribution in [2.24, 2.45) is 0 Å². The maximum absolute atomic E-state index is 14.1. The SMILES string of the molecule is O=C(O)c1cc(-c2ccccc2F)nc2c(-c3ccccc3)cnn12. The summed E-state index contributed by atoms with van der Waals surface area (Å²) >= 11 is 0. The molecule has 4 aromatic rings. The fourth-order valence-electron chi connectivity index (χ4n) is 2.74. The molecule has 5 nitrogen and oxygen atoms in total. The Morgan fingerprint density at radius 1 is 1.00 bits per heavy atom. The molecule has 0 fully saturated rings. The van der Waals surface area contributed by atoms with E-state index in [9.17, 15) is 14.3 Å². The molecule has 0 aliphatic heterocycles. The van der Waals surface area contributed by atoms with Gasteiger partial charge in [0.15, 0.2) is 11.3 Å². The van der Waals surface area contributed by atoms with Crippen LogP contribution in [-0.2, 0) is 0 Å². The van der Waals surface area contributed by atoms with Gasteiger partial charge in [0.2, 0.25) is 0 Å². The molecule has 2 aromatic heterocycles. The van der Waals surface area contributed by atoms with E-state index in [0.29, 0.717) is 11.2 Å². The Labute approximate surface area is 142 Å². The van der Waals surface area contributed by atoms with E-state index >= 15 is 0 Å². The first-order valence-corrected chi connectivity index (χ1v) is 7.57. The largest absolute Gasteiger partial charge is 0.477 e. The number of halogens is 1. The summed E-state index contributed by atoms with van der Waals surface area (Å²) in [7, 11) is 0. The van der Waals surface area contributed by atoms with Gasteiger partial charge in [0.25, 0.3) is 0 Å². The van der Waals surface area contributed by atoms with Gasteiger partial charge in [-0.3, -0.25) is 0 Å². The molecular formula is C19H12FN3O2. The summed E-state index contributed by atoms with van der Waals surface area (Å²) in [6, 6.07) is 16.9. The molecule has 0 atom stereocenters. The summed E-state index contributed by atoms with van der Waals surface area (Å²) in [6.07, 6.45) is 1.56. The number of carbonyl (C=O) groups is 1. The topological polar surface area (TPSA) is 67.5 Å². The molecule has 1 N–H and O–H groups in total. The first kappa shape index (κ1) is 15.0. The van der Waals surface area contributed by atoms with E-state index < -0.39 is 11.8 Å². The lowest BCUT2D eigenvalue weighted by molar-refractivity contribution is 0.0687. The van der Waals surface area contributed by atoms with E-state index in [1.807, 2.05) is 30.3 Å². The van der Waals surface area contributed by atoms with Crippen molar-refractivity contribution in [3.63, 3.8) is 0 Å². The van der Waals surface area contributed by atoms with E-state index in [4.69, 9.17) is 0 Å². The summed E-state index contributed by atoms with van der Waals surface area (Å²) in [5, 5.41) is 13.7. The highest BCUT2D eigenvalue weighted by molar-refractivity contribution is 5.90. The summed E-state index contributed by atoms with van der Waals surface area (Å²) in [5.41, 5.74) is 2.32. The zero-order chi connectivity index (χ0) is 17.4. The van der Waals surface area contributed by atoms with E-state index in [0.717, 1.165) is 5.56 Å². The van der Waals surface area contributed by atoms with E-state index in [-0.39, 0.29) is 17.0 Å². The van der Waals surface area contributed by atoms with Gasteiger partial charge >= 0.3 is 5.97 Å². The third kappa shape index (κ3) is 2.53. The van der Waals surface area contributed by atoms with Crippen LogP contribution in [0.1, 0.15) is 10.5 Å². The van der Waals surface area contributed by atoms with E-state index in [1.54, 1.807) is 24.4 Å². The number of benzene rings is 2. The van der Waals surface area contributed by atoms with Crippen molar-refractivity contribution >= 4 is 11.6 Å². The Balaban J connectivity index is 2.03. The van der Waals surface area contributed by atoms with Gasteiger partial charge in [0, 0.05) is 11.1 Å². The normalized spacial score (nSPS) is 10.9. The van der Waals surface area contributed by atoms with Crippen molar-refractivity contribution < 1.29 is 14.3 Å². The van der Waals surface area contributed by atoms with Crippen LogP contribution in [0.25, 0.3) is 28.0 Å². The van der Waals surface area contributed by atoms with Crippen LogP contribution in [0.4, 0.5) is 4.39 Å². The number of aromatic carboxylic acids is 1. The lowest BCUT2D eigenvalue weighted by atomic mass is 10.1. The van der Waals surface area contributed by atoms with Crippen molar-refractivity contribution in [3.8, 4) is 22.4 Å². The van der Waals surface area contributed by atoms with Crippen LogP contribution in [-0.4, -0.2) is 25.7 Å². The summed E-state index contributed by atoms with van der Waals surface area (Å²) < 4.78 is 15.4. The number of carboxylic acid groups (broad SMARTS) is 1. The lowest BCUT2D eigenvalue weighted by Crippen LogP contribution is -2.08. The number of hydrogen-bond acceptors (Lipinski definition) is 3. The minimum absolute atomic E-state index is 0.0783. The maximum atomic E-state index is 14.1. The molecule has 0 aliphatic rings. The summed E-state index contributed by atoms with van der Waals surface area (Å²) in [6.45, 7) is 0. The smallest absolute Gasteiger partial charge is 0.354 e. The molecular weight excluding hydrogens is 321 g/mol. The third-order valence-corrected chi connectivity index (χ3v) is 3.93. The highest BCUT2D eigenvalue weighted by Gasteiger charge is 2.18. The molecule has 2 aromatic carbocycles.